The molecule has 2 fully saturated rings. The number of aromatic nitrogens is 1. The summed E-state index contributed by atoms with van der Waals surface area (Å²) in [6.07, 6.45) is 6.85. The number of hydrogen-bond acceptors (Lipinski definition) is 5. The molecule has 1 N–H and O–H groups in total. The highest BCUT2D eigenvalue weighted by atomic mass is 32.1. The lowest BCUT2D eigenvalue weighted by Crippen LogP contribution is -2.30. The molecule has 0 aromatic carbocycles. The molecule has 0 bridgehead atoms. The highest BCUT2D eigenvalue weighted by Gasteiger charge is 2.30. The smallest absolute Gasteiger partial charge is 0.132 e. The van der Waals surface area contributed by atoms with Crippen LogP contribution in [-0.4, -0.2) is 27.6 Å². The zero-order chi connectivity index (χ0) is 14.9. The van der Waals surface area contributed by atoms with Crippen LogP contribution >= 0.6 is 11.3 Å². The summed E-state index contributed by atoms with van der Waals surface area (Å²) in [5, 5.41) is 13.8. The van der Waals surface area contributed by atoms with Crippen LogP contribution in [-0.2, 0) is 6.54 Å². The van der Waals surface area contributed by atoms with Gasteiger partial charge < -0.3 is 9.52 Å². The van der Waals surface area contributed by atoms with Gasteiger partial charge in [-0.25, -0.2) is 4.98 Å². The van der Waals surface area contributed by atoms with E-state index in [9.17, 15) is 5.11 Å². The number of nitrogens with zero attached hydrogens (tertiary/aromatic N) is 2. The molecule has 2 aromatic heterocycles. The highest BCUT2D eigenvalue weighted by molar-refractivity contribution is 7.09. The molecule has 4 rings (SSSR count). The Morgan fingerprint density at radius 2 is 2.32 bits per heavy atom. The molecule has 2 atom stereocenters. The molecule has 3 heterocycles. The third kappa shape index (κ3) is 3.12. The quantitative estimate of drug-likeness (QED) is 0.882. The van der Waals surface area contributed by atoms with Crippen LogP contribution in [0.1, 0.15) is 60.6 Å². The van der Waals surface area contributed by atoms with Gasteiger partial charge in [-0.1, -0.05) is 0 Å². The van der Waals surface area contributed by atoms with Crippen LogP contribution in [0.15, 0.2) is 28.2 Å². The molecule has 2 aliphatic rings. The van der Waals surface area contributed by atoms with Crippen LogP contribution in [0.2, 0.25) is 0 Å². The zero-order valence-corrected chi connectivity index (χ0v) is 13.5. The third-order valence-corrected chi connectivity index (χ3v) is 5.78. The molecule has 0 spiro atoms. The van der Waals surface area contributed by atoms with Crippen LogP contribution < -0.4 is 0 Å². The van der Waals surface area contributed by atoms with Crippen molar-refractivity contribution in [2.45, 2.75) is 56.7 Å². The van der Waals surface area contributed by atoms with Crippen molar-refractivity contribution in [3.63, 3.8) is 0 Å². The molecule has 0 amide bonds. The molecule has 1 saturated carbocycles. The molecule has 1 saturated heterocycles. The predicted octanol–water partition coefficient (Wildman–Crippen LogP) is 3.70. The number of furan rings is 1. The molecule has 2 aromatic rings. The standard InChI is InChI=1S/C17H22N2O2S/c20-15(16-4-2-8-21-16)9-14-3-1-7-19(14)10-13-11-22-17(18-13)12-5-6-12/h2,4,8,11-12,14-15,20H,1,3,5-7,9-10H2. The fourth-order valence-corrected chi connectivity index (χ4v) is 4.33. The molecule has 4 nitrogen and oxygen atoms in total. The summed E-state index contributed by atoms with van der Waals surface area (Å²) in [5.74, 6) is 1.42. The van der Waals surface area contributed by atoms with E-state index in [0.717, 1.165) is 31.8 Å². The maximum absolute atomic E-state index is 10.3. The summed E-state index contributed by atoms with van der Waals surface area (Å²) in [6, 6.07) is 4.11. The van der Waals surface area contributed by atoms with Crippen LogP contribution in [0.5, 0.6) is 0 Å². The van der Waals surface area contributed by atoms with Gasteiger partial charge in [0.05, 0.1) is 17.0 Å². The Hall–Kier alpha value is -1.17. The summed E-state index contributed by atoms with van der Waals surface area (Å²) >= 11 is 1.81. The van der Waals surface area contributed by atoms with E-state index in [2.05, 4.69) is 10.3 Å². The van der Waals surface area contributed by atoms with Crippen LogP contribution in [0.4, 0.5) is 0 Å². The molecule has 1 aliphatic carbocycles. The number of rotatable bonds is 6. The van der Waals surface area contributed by atoms with Gasteiger partial charge in [-0.3, -0.25) is 4.90 Å². The van der Waals surface area contributed by atoms with Crippen LogP contribution in [0.3, 0.4) is 0 Å². The second kappa shape index (κ2) is 6.14. The predicted molar refractivity (Wildman–Crippen MR) is 85.8 cm³/mol. The fraction of sp³-hybridized carbons (Fsp3) is 0.588. The second-order valence-corrected chi connectivity index (χ2v) is 7.37. The van der Waals surface area contributed by atoms with Crippen molar-refractivity contribution in [2.75, 3.05) is 6.54 Å². The van der Waals surface area contributed by atoms with E-state index in [1.807, 2.05) is 23.5 Å². The van der Waals surface area contributed by atoms with Crippen molar-refractivity contribution in [3.05, 3.63) is 40.2 Å². The minimum atomic E-state index is -0.502. The molecular weight excluding hydrogens is 296 g/mol. The molecule has 1 aliphatic heterocycles. The van der Waals surface area contributed by atoms with Gasteiger partial charge in [0.2, 0.25) is 0 Å². The van der Waals surface area contributed by atoms with E-state index in [4.69, 9.17) is 9.40 Å². The number of thiazole rings is 1. The van der Waals surface area contributed by atoms with Crippen molar-refractivity contribution >= 4 is 11.3 Å². The van der Waals surface area contributed by atoms with E-state index in [1.54, 1.807) is 6.26 Å². The van der Waals surface area contributed by atoms with Gasteiger partial charge in [0.15, 0.2) is 0 Å². The minimum absolute atomic E-state index is 0.422. The second-order valence-electron chi connectivity index (χ2n) is 6.48. The maximum atomic E-state index is 10.3. The monoisotopic (exact) mass is 318 g/mol. The first kappa shape index (κ1) is 14.4. The van der Waals surface area contributed by atoms with Gasteiger partial charge in [0.1, 0.15) is 11.9 Å². The Morgan fingerprint density at radius 3 is 3.09 bits per heavy atom. The Kier molecular flexibility index (Phi) is 4.03. The van der Waals surface area contributed by atoms with Gasteiger partial charge in [0, 0.05) is 23.9 Å². The SMILES string of the molecule is OC(CC1CCCN1Cc1csc(C2CC2)n1)c1ccco1. The Morgan fingerprint density at radius 1 is 1.41 bits per heavy atom. The van der Waals surface area contributed by atoms with Gasteiger partial charge in [-0.2, -0.15) is 0 Å². The van der Waals surface area contributed by atoms with Crippen molar-refractivity contribution in [3.8, 4) is 0 Å². The zero-order valence-electron chi connectivity index (χ0n) is 12.6. The number of aliphatic hydroxyl groups is 1. The topological polar surface area (TPSA) is 49.5 Å². The third-order valence-electron chi connectivity index (χ3n) is 4.73. The Labute approximate surface area is 134 Å². The minimum Gasteiger partial charge on any atom is -0.467 e. The molecule has 118 valence electrons. The molecule has 2 unspecified atom stereocenters. The average Bonchev–Trinajstić information content (AvgIpc) is 2.97. The van der Waals surface area contributed by atoms with Crippen molar-refractivity contribution in [1.29, 1.82) is 0 Å². The molecule has 22 heavy (non-hydrogen) atoms. The van der Waals surface area contributed by atoms with E-state index in [0.29, 0.717) is 11.8 Å². The number of likely N-dealkylation sites (tertiary alicyclic amines) is 1. The summed E-state index contributed by atoms with van der Waals surface area (Å²) in [5.41, 5.74) is 1.20. The molecule has 5 heteroatoms. The van der Waals surface area contributed by atoms with Crippen molar-refractivity contribution in [2.24, 2.45) is 0 Å². The lowest BCUT2D eigenvalue weighted by atomic mass is 10.1. The van der Waals surface area contributed by atoms with E-state index < -0.39 is 6.10 Å². The van der Waals surface area contributed by atoms with Gasteiger partial charge in [-0.15, -0.1) is 11.3 Å². The summed E-state index contributed by atoms with van der Waals surface area (Å²) in [7, 11) is 0. The van der Waals surface area contributed by atoms with Crippen molar-refractivity contribution < 1.29 is 9.52 Å². The fourth-order valence-electron chi connectivity index (χ4n) is 3.35. The Bertz CT molecular complexity index is 606. The van der Waals surface area contributed by atoms with Crippen LogP contribution in [0, 0.1) is 0 Å². The van der Waals surface area contributed by atoms with Crippen molar-refractivity contribution in [1.82, 2.24) is 9.88 Å². The maximum Gasteiger partial charge on any atom is 0.132 e. The summed E-state index contributed by atoms with van der Waals surface area (Å²) in [6.45, 7) is 2.02. The number of aliphatic hydroxyl groups excluding tert-OH is 1. The first-order chi connectivity index (χ1) is 10.8. The van der Waals surface area contributed by atoms with E-state index >= 15 is 0 Å². The highest BCUT2D eigenvalue weighted by Crippen LogP contribution is 2.41. The summed E-state index contributed by atoms with van der Waals surface area (Å²) in [4.78, 5) is 7.27. The first-order valence-corrected chi connectivity index (χ1v) is 9.07. The number of hydrogen-bond donors (Lipinski definition) is 1. The Balaban J connectivity index is 1.37. The van der Waals surface area contributed by atoms with E-state index in [-0.39, 0.29) is 0 Å². The lowest BCUT2D eigenvalue weighted by molar-refractivity contribution is 0.0991. The lowest BCUT2D eigenvalue weighted by Gasteiger charge is -2.25. The molecular formula is C17H22N2O2S. The van der Waals surface area contributed by atoms with Crippen LogP contribution in [0.25, 0.3) is 0 Å². The van der Waals surface area contributed by atoms with Gasteiger partial charge in [-0.05, 0) is 50.8 Å². The van der Waals surface area contributed by atoms with Gasteiger partial charge >= 0.3 is 0 Å². The van der Waals surface area contributed by atoms with E-state index in [1.165, 1.54) is 30.0 Å². The normalized spacial score (nSPS) is 24.0. The largest absolute Gasteiger partial charge is 0.467 e. The first-order valence-electron chi connectivity index (χ1n) is 8.19. The molecule has 0 radical (unpaired) electrons. The average molecular weight is 318 g/mol. The van der Waals surface area contributed by atoms with Gasteiger partial charge in [0.25, 0.3) is 0 Å². The summed E-state index contributed by atoms with van der Waals surface area (Å²) < 4.78 is 5.32.